The van der Waals surface area contributed by atoms with Crippen LogP contribution in [-0.4, -0.2) is 8.80 Å². The summed E-state index contributed by atoms with van der Waals surface area (Å²) in [7, 11) is -0.697. The van der Waals surface area contributed by atoms with Crippen molar-refractivity contribution in [3.05, 3.63) is 54.1 Å². The molecule has 0 bridgehead atoms. The second-order valence-corrected chi connectivity index (χ2v) is 7.61. The first-order valence-electron chi connectivity index (χ1n) is 5.99. The lowest BCUT2D eigenvalue weighted by molar-refractivity contribution is 0.482. The van der Waals surface area contributed by atoms with Gasteiger partial charge in [-0.2, -0.15) is 0 Å². The molecule has 1 nitrogen and oxygen atoms in total. The van der Waals surface area contributed by atoms with Gasteiger partial charge in [-0.25, -0.2) is 0 Å². The molecule has 0 amide bonds. The summed E-state index contributed by atoms with van der Waals surface area (Å²) < 4.78 is 5.78. The quantitative estimate of drug-likeness (QED) is 0.749. The molecule has 0 spiro atoms. The van der Waals surface area contributed by atoms with Crippen molar-refractivity contribution in [2.45, 2.75) is 20.0 Å². The molecule has 0 unspecified atom stereocenters. The van der Waals surface area contributed by atoms with Crippen molar-refractivity contribution in [1.29, 1.82) is 0 Å². The lowest BCUT2D eigenvalue weighted by Gasteiger charge is -2.08. The maximum absolute atomic E-state index is 5.78. The molecule has 0 atom stereocenters. The minimum Gasteiger partial charge on any atom is -0.457 e. The molecule has 0 N–H and O–H groups in total. The van der Waals surface area contributed by atoms with Gasteiger partial charge in [0.05, 0.1) is 8.80 Å². The van der Waals surface area contributed by atoms with E-state index in [9.17, 15) is 0 Å². The maximum Gasteiger partial charge on any atom is 0.127 e. The Hall–Kier alpha value is -1.54. The largest absolute Gasteiger partial charge is 0.457 e. The van der Waals surface area contributed by atoms with E-state index in [0.717, 1.165) is 11.5 Å². The molecule has 0 heterocycles. The summed E-state index contributed by atoms with van der Waals surface area (Å²) in [5.41, 5.74) is 1.25. The molecule has 0 aliphatic carbocycles. The second-order valence-electron chi connectivity index (χ2n) is 4.64. The van der Waals surface area contributed by atoms with E-state index in [4.69, 9.17) is 4.74 Å². The van der Waals surface area contributed by atoms with E-state index in [0.29, 0.717) is 0 Å². The smallest absolute Gasteiger partial charge is 0.127 e. The fourth-order valence-corrected chi connectivity index (χ4v) is 2.63. The summed E-state index contributed by atoms with van der Waals surface area (Å²) in [4.78, 5) is 0. The van der Waals surface area contributed by atoms with Crippen LogP contribution < -0.4 is 9.92 Å². The highest BCUT2D eigenvalue weighted by molar-refractivity contribution is 6.70. The highest BCUT2D eigenvalue weighted by atomic mass is 28.3. The molecule has 88 valence electrons. The highest BCUT2D eigenvalue weighted by Crippen LogP contribution is 2.20. The van der Waals surface area contributed by atoms with Crippen molar-refractivity contribution >= 4 is 14.0 Å². The van der Waals surface area contributed by atoms with Gasteiger partial charge in [0.1, 0.15) is 11.5 Å². The number of benzene rings is 2. The molecular formula is C15H18OSi. The number of hydrogen-bond acceptors (Lipinski definition) is 1. The molecule has 0 aliphatic heterocycles. The fourth-order valence-electron chi connectivity index (χ4n) is 1.66. The third kappa shape index (κ3) is 3.20. The van der Waals surface area contributed by atoms with Crippen LogP contribution in [0.25, 0.3) is 0 Å². The van der Waals surface area contributed by atoms with Crippen molar-refractivity contribution < 1.29 is 4.74 Å². The van der Waals surface area contributed by atoms with Gasteiger partial charge in [0.2, 0.25) is 0 Å². The van der Waals surface area contributed by atoms with Gasteiger partial charge in [-0.3, -0.25) is 0 Å². The SMILES string of the molecule is Cc1ccc(Oc2ccc([SiH](C)C)cc2)cc1. The molecular weight excluding hydrogens is 224 g/mol. The zero-order valence-electron chi connectivity index (χ0n) is 10.6. The van der Waals surface area contributed by atoms with Crippen LogP contribution in [0.3, 0.4) is 0 Å². The molecule has 0 saturated carbocycles. The van der Waals surface area contributed by atoms with Crippen LogP contribution in [0.2, 0.25) is 13.1 Å². The number of hydrogen-bond donors (Lipinski definition) is 0. The van der Waals surface area contributed by atoms with Gasteiger partial charge in [-0.15, -0.1) is 0 Å². The fraction of sp³-hybridized carbons (Fsp3) is 0.200. The molecule has 0 saturated heterocycles. The Bertz CT molecular complexity index is 471. The van der Waals surface area contributed by atoms with Gasteiger partial charge in [0.15, 0.2) is 0 Å². The Kier molecular flexibility index (Phi) is 3.64. The molecule has 17 heavy (non-hydrogen) atoms. The summed E-state index contributed by atoms with van der Waals surface area (Å²) in [6, 6.07) is 16.6. The average molecular weight is 242 g/mol. The Morgan fingerprint density at radius 2 is 1.24 bits per heavy atom. The zero-order valence-corrected chi connectivity index (χ0v) is 11.8. The van der Waals surface area contributed by atoms with E-state index in [-0.39, 0.29) is 0 Å². The third-order valence-electron chi connectivity index (χ3n) is 2.80. The number of aryl methyl sites for hydroxylation is 1. The van der Waals surface area contributed by atoms with Crippen LogP contribution >= 0.6 is 0 Å². The van der Waals surface area contributed by atoms with Gasteiger partial charge in [0.25, 0.3) is 0 Å². The predicted octanol–water partition coefficient (Wildman–Crippen LogP) is 3.48. The first-order valence-corrected chi connectivity index (χ1v) is 8.88. The van der Waals surface area contributed by atoms with Gasteiger partial charge < -0.3 is 4.74 Å². The summed E-state index contributed by atoms with van der Waals surface area (Å²) in [5.74, 6) is 1.80. The van der Waals surface area contributed by atoms with Crippen molar-refractivity contribution in [3.8, 4) is 11.5 Å². The second kappa shape index (κ2) is 5.19. The predicted molar refractivity (Wildman–Crippen MR) is 76.2 cm³/mol. The van der Waals surface area contributed by atoms with Crippen molar-refractivity contribution in [3.63, 3.8) is 0 Å². The third-order valence-corrected chi connectivity index (χ3v) is 4.52. The first kappa shape index (κ1) is 11.9. The highest BCUT2D eigenvalue weighted by Gasteiger charge is 2.01. The minimum absolute atomic E-state index is 0.697. The normalized spacial score (nSPS) is 10.6. The Balaban J connectivity index is 2.11. The van der Waals surface area contributed by atoms with Gasteiger partial charge >= 0.3 is 0 Å². The summed E-state index contributed by atoms with van der Waals surface area (Å²) >= 11 is 0. The molecule has 0 fully saturated rings. The van der Waals surface area contributed by atoms with Crippen molar-refractivity contribution in [1.82, 2.24) is 0 Å². The zero-order chi connectivity index (χ0) is 12.3. The molecule has 0 radical (unpaired) electrons. The van der Waals surface area contributed by atoms with E-state index >= 15 is 0 Å². The van der Waals surface area contributed by atoms with Crippen LogP contribution in [0.5, 0.6) is 11.5 Å². The van der Waals surface area contributed by atoms with Crippen LogP contribution in [0.1, 0.15) is 5.56 Å². The summed E-state index contributed by atoms with van der Waals surface area (Å²) in [5, 5.41) is 1.47. The monoisotopic (exact) mass is 242 g/mol. The van der Waals surface area contributed by atoms with Gasteiger partial charge in [-0.05, 0) is 31.2 Å². The molecule has 2 aromatic rings. The number of rotatable bonds is 3. The Morgan fingerprint density at radius 1 is 0.765 bits per heavy atom. The van der Waals surface area contributed by atoms with E-state index in [1.807, 2.05) is 12.1 Å². The summed E-state index contributed by atoms with van der Waals surface area (Å²) in [6.45, 7) is 6.73. The molecule has 2 rings (SSSR count). The molecule has 0 aromatic heterocycles. The van der Waals surface area contributed by atoms with Gasteiger partial charge in [0, 0.05) is 0 Å². The van der Waals surface area contributed by atoms with Crippen LogP contribution in [-0.2, 0) is 0 Å². The van der Waals surface area contributed by atoms with E-state index in [1.165, 1.54) is 10.8 Å². The Morgan fingerprint density at radius 3 is 1.71 bits per heavy atom. The number of ether oxygens (including phenoxy) is 1. The minimum atomic E-state index is -0.697. The van der Waals surface area contributed by atoms with E-state index < -0.39 is 8.80 Å². The van der Waals surface area contributed by atoms with Crippen LogP contribution in [0.4, 0.5) is 0 Å². The van der Waals surface area contributed by atoms with Gasteiger partial charge in [-0.1, -0.05) is 48.1 Å². The first-order chi connectivity index (χ1) is 8.15. The average Bonchev–Trinajstić information content (AvgIpc) is 2.33. The Labute approximate surface area is 105 Å². The topological polar surface area (TPSA) is 9.23 Å². The van der Waals surface area contributed by atoms with Crippen LogP contribution in [0.15, 0.2) is 48.5 Å². The molecule has 2 aromatic carbocycles. The molecule has 2 heteroatoms. The standard InChI is InChI=1S/C15H18OSi/c1-12-4-6-13(7-5-12)16-14-8-10-15(11-9-14)17(2)3/h4-11,17H,1-3H3. The van der Waals surface area contributed by atoms with Crippen molar-refractivity contribution in [2.24, 2.45) is 0 Å². The summed E-state index contributed by atoms with van der Waals surface area (Å²) in [6.07, 6.45) is 0. The van der Waals surface area contributed by atoms with E-state index in [2.05, 4.69) is 56.4 Å². The molecule has 0 aliphatic rings. The van der Waals surface area contributed by atoms with Crippen LogP contribution in [0, 0.1) is 6.92 Å². The van der Waals surface area contributed by atoms with Crippen molar-refractivity contribution in [2.75, 3.05) is 0 Å². The maximum atomic E-state index is 5.78. The lowest BCUT2D eigenvalue weighted by atomic mass is 10.2. The van der Waals surface area contributed by atoms with E-state index in [1.54, 1.807) is 0 Å². The lowest BCUT2D eigenvalue weighted by Crippen LogP contribution is -2.21.